The Morgan fingerprint density at radius 1 is 1.04 bits per heavy atom. The van der Waals surface area contributed by atoms with E-state index < -0.39 is 5.41 Å². The largest absolute Gasteiger partial charge is 0.379 e. The van der Waals surface area contributed by atoms with Crippen LogP contribution in [0.1, 0.15) is 74.7 Å². The standard InChI is InChI=1S/C21H41NO3/c1-11-21(9,17(23)22-12-2)16-18(3,4)15-20(7,8)25-14-13-19(5,6)24-10/h11H,1,12-16H2,2-10H3,(H,22,23). The van der Waals surface area contributed by atoms with E-state index >= 15 is 0 Å². The van der Waals surface area contributed by atoms with Crippen molar-refractivity contribution in [3.8, 4) is 0 Å². The SMILES string of the molecule is C=CC(C)(CC(C)(C)CC(C)(C)OCCC(C)(C)OC)C(=O)NCC. The van der Waals surface area contributed by atoms with E-state index in [2.05, 4.69) is 53.4 Å². The van der Waals surface area contributed by atoms with E-state index in [9.17, 15) is 4.79 Å². The predicted octanol–water partition coefficient (Wildman–Crippen LogP) is 4.73. The van der Waals surface area contributed by atoms with Gasteiger partial charge in [0.1, 0.15) is 0 Å². The topological polar surface area (TPSA) is 47.6 Å². The first-order valence-electron chi connectivity index (χ1n) is 9.33. The summed E-state index contributed by atoms with van der Waals surface area (Å²) >= 11 is 0. The number of rotatable bonds is 12. The molecule has 1 atom stereocenters. The Hall–Kier alpha value is -0.870. The molecule has 0 aliphatic rings. The van der Waals surface area contributed by atoms with E-state index in [0.29, 0.717) is 13.2 Å². The van der Waals surface area contributed by atoms with Crippen LogP contribution in [0.25, 0.3) is 0 Å². The minimum absolute atomic E-state index is 0.0404. The molecule has 0 aromatic heterocycles. The van der Waals surface area contributed by atoms with E-state index in [1.807, 2.05) is 13.8 Å². The molecule has 1 amide bonds. The van der Waals surface area contributed by atoms with Gasteiger partial charge in [0.2, 0.25) is 5.91 Å². The summed E-state index contributed by atoms with van der Waals surface area (Å²) in [6.07, 6.45) is 4.20. The molecule has 148 valence electrons. The van der Waals surface area contributed by atoms with E-state index in [4.69, 9.17) is 9.47 Å². The summed E-state index contributed by atoms with van der Waals surface area (Å²) in [5, 5.41) is 2.92. The first kappa shape index (κ1) is 24.1. The highest BCUT2D eigenvalue weighted by molar-refractivity contribution is 5.84. The van der Waals surface area contributed by atoms with Crippen molar-refractivity contribution in [2.75, 3.05) is 20.3 Å². The van der Waals surface area contributed by atoms with Crippen molar-refractivity contribution in [1.29, 1.82) is 0 Å². The van der Waals surface area contributed by atoms with Gasteiger partial charge >= 0.3 is 0 Å². The number of methoxy groups -OCH3 is 1. The van der Waals surface area contributed by atoms with Gasteiger partial charge < -0.3 is 14.8 Å². The van der Waals surface area contributed by atoms with Crippen molar-refractivity contribution in [2.24, 2.45) is 10.8 Å². The molecule has 1 unspecified atom stereocenters. The van der Waals surface area contributed by atoms with Gasteiger partial charge in [0.05, 0.1) is 23.2 Å². The number of nitrogens with one attached hydrogen (secondary N) is 1. The van der Waals surface area contributed by atoms with Gasteiger partial charge in [0.15, 0.2) is 0 Å². The Kier molecular flexibility index (Phi) is 8.86. The first-order valence-corrected chi connectivity index (χ1v) is 9.33. The van der Waals surface area contributed by atoms with Gasteiger partial charge in [-0.2, -0.15) is 0 Å². The number of carbonyl (C=O) groups is 1. The van der Waals surface area contributed by atoms with Crippen LogP contribution in [0.5, 0.6) is 0 Å². The van der Waals surface area contributed by atoms with Gasteiger partial charge in [-0.05, 0) is 66.2 Å². The Morgan fingerprint density at radius 2 is 1.60 bits per heavy atom. The molecule has 0 aliphatic heterocycles. The third-order valence-corrected chi connectivity index (χ3v) is 4.81. The Bertz CT molecular complexity index is 440. The summed E-state index contributed by atoms with van der Waals surface area (Å²) < 4.78 is 11.6. The van der Waals surface area contributed by atoms with Gasteiger partial charge in [-0.3, -0.25) is 4.79 Å². The van der Waals surface area contributed by atoms with Crippen LogP contribution in [0.15, 0.2) is 12.7 Å². The molecule has 1 N–H and O–H groups in total. The smallest absolute Gasteiger partial charge is 0.229 e. The van der Waals surface area contributed by atoms with Crippen LogP contribution >= 0.6 is 0 Å². The molecule has 0 radical (unpaired) electrons. The highest BCUT2D eigenvalue weighted by Gasteiger charge is 2.39. The minimum atomic E-state index is -0.576. The number of hydrogen-bond donors (Lipinski definition) is 1. The van der Waals surface area contributed by atoms with E-state index in [1.54, 1.807) is 13.2 Å². The lowest BCUT2D eigenvalue weighted by Crippen LogP contribution is -2.42. The minimum Gasteiger partial charge on any atom is -0.379 e. The summed E-state index contributed by atoms with van der Waals surface area (Å²) in [6, 6.07) is 0. The maximum absolute atomic E-state index is 12.4. The first-order chi connectivity index (χ1) is 11.2. The zero-order valence-corrected chi connectivity index (χ0v) is 18.0. The second-order valence-electron chi connectivity index (χ2n) is 9.32. The zero-order chi connectivity index (χ0) is 19.9. The average molecular weight is 356 g/mol. The summed E-state index contributed by atoms with van der Waals surface area (Å²) in [4.78, 5) is 12.4. The van der Waals surface area contributed by atoms with Crippen LogP contribution in [0, 0.1) is 10.8 Å². The number of carbonyl (C=O) groups excluding carboxylic acids is 1. The van der Waals surface area contributed by atoms with Gasteiger partial charge in [0.25, 0.3) is 0 Å². The molecule has 4 nitrogen and oxygen atoms in total. The highest BCUT2D eigenvalue weighted by Crippen LogP contribution is 2.41. The van der Waals surface area contributed by atoms with Crippen molar-refractivity contribution >= 4 is 5.91 Å². The van der Waals surface area contributed by atoms with Crippen LogP contribution in [0.2, 0.25) is 0 Å². The van der Waals surface area contributed by atoms with Gasteiger partial charge in [0, 0.05) is 13.7 Å². The summed E-state index contributed by atoms with van der Waals surface area (Å²) in [7, 11) is 1.73. The molecule has 0 aliphatic carbocycles. The van der Waals surface area contributed by atoms with Crippen LogP contribution < -0.4 is 5.32 Å². The molecule has 0 heterocycles. The Balaban J connectivity index is 4.85. The molecule has 0 bridgehead atoms. The molecule has 4 heteroatoms. The van der Waals surface area contributed by atoms with E-state index in [-0.39, 0.29) is 22.5 Å². The van der Waals surface area contributed by atoms with E-state index in [1.165, 1.54) is 0 Å². The Morgan fingerprint density at radius 3 is 2.04 bits per heavy atom. The fraction of sp³-hybridized carbons (Fsp3) is 0.857. The molecule has 0 fully saturated rings. The zero-order valence-electron chi connectivity index (χ0n) is 18.0. The van der Waals surface area contributed by atoms with Gasteiger partial charge in [-0.1, -0.05) is 19.9 Å². The van der Waals surface area contributed by atoms with Crippen LogP contribution in [0.3, 0.4) is 0 Å². The lowest BCUT2D eigenvalue weighted by Gasteiger charge is -2.40. The number of amides is 1. The molecule has 0 aromatic carbocycles. The average Bonchev–Trinajstić information content (AvgIpc) is 2.45. The second kappa shape index (κ2) is 9.18. The van der Waals surface area contributed by atoms with Crippen molar-refractivity contribution in [3.05, 3.63) is 12.7 Å². The van der Waals surface area contributed by atoms with Crippen molar-refractivity contribution in [3.63, 3.8) is 0 Å². The lowest BCUT2D eigenvalue weighted by atomic mass is 9.69. The molecule has 0 saturated carbocycles. The molecular formula is C21H41NO3. The summed E-state index contributed by atoms with van der Waals surface area (Å²) in [6.45, 7) is 21.8. The molecule has 0 saturated heterocycles. The number of hydrogen-bond acceptors (Lipinski definition) is 3. The van der Waals surface area contributed by atoms with Gasteiger partial charge in [-0.15, -0.1) is 6.58 Å². The molecule has 0 spiro atoms. The van der Waals surface area contributed by atoms with Gasteiger partial charge in [-0.25, -0.2) is 0 Å². The second-order valence-corrected chi connectivity index (χ2v) is 9.32. The van der Waals surface area contributed by atoms with Crippen molar-refractivity contribution in [2.45, 2.75) is 85.9 Å². The fourth-order valence-electron chi connectivity index (χ4n) is 3.54. The monoisotopic (exact) mass is 355 g/mol. The van der Waals surface area contributed by atoms with Crippen LogP contribution in [-0.2, 0) is 14.3 Å². The van der Waals surface area contributed by atoms with Crippen molar-refractivity contribution < 1.29 is 14.3 Å². The Labute approximate surface area is 155 Å². The maximum Gasteiger partial charge on any atom is 0.229 e. The number of ether oxygens (including phenoxy) is 2. The molecule has 0 aromatic rings. The highest BCUT2D eigenvalue weighted by atomic mass is 16.5. The van der Waals surface area contributed by atoms with Crippen molar-refractivity contribution in [1.82, 2.24) is 5.32 Å². The third-order valence-electron chi connectivity index (χ3n) is 4.81. The molecule has 25 heavy (non-hydrogen) atoms. The maximum atomic E-state index is 12.4. The predicted molar refractivity (Wildman–Crippen MR) is 106 cm³/mol. The van der Waals surface area contributed by atoms with Crippen LogP contribution in [-0.4, -0.2) is 37.4 Å². The summed E-state index contributed by atoms with van der Waals surface area (Å²) in [5.74, 6) is 0.0404. The van der Waals surface area contributed by atoms with Crippen LogP contribution in [0.4, 0.5) is 0 Å². The third kappa shape index (κ3) is 8.87. The summed E-state index contributed by atoms with van der Waals surface area (Å²) in [5.41, 5.74) is -1.08. The molecular weight excluding hydrogens is 314 g/mol. The molecule has 0 rings (SSSR count). The quantitative estimate of drug-likeness (QED) is 0.515. The fourth-order valence-corrected chi connectivity index (χ4v) is 3.54. The normalized spacial score (nSPS) is 15.6. The van der Waals surface area contributed by atoms with E-state index in [0.717, 1.165) is 19.3 Å². The lowest BCUT2D eigenvalue weighted by molar-refractivity contribution is -0.130.